The molecule has 0 saturated heterocycles. The van der Waals surface area contributed by atoms with E-state index in [1.54, 1.807) is 0 Å². The van der Waals surface area contributed by atoms with Gasteiger partial charge in [0.05, 0.1) is 12.0 Å². The van der Waals surface area contributed by atoms with Gasteiger partial charge in [-0.3, -0.25) is 9.69 Å². The first-order valence-electron chi connectivity index (χ1n) is 5.46. The molecule has 0 aromatic heterocycles. The third kappa shape index (κ3) is 3.21. The molecule has 2 atom stereocenters. The van der Waals surface area contributed by atoms with Crippen molar-refractivity contribution in [1.29, 1.82) is 5.26 Å². The smallest absolute Gasteiger partial charge is 0.321 e. The quantitative estimate of drug-likeness (QED) is 0.718. The van der Waals surface area contributed by atoms with Gasteiger partial charge in [-0.2, -0.15) is 5.26 Å². The summed E-state index contributed by atoms with van der Waals surface area (Å²) in [5, 5.41) is 17.9. The van der Waals surface area contributed by atoms with Gasteiger partial charge in [0, 0.05) is 6.54 Å². The average Bonchev–Trinajstić information content (AvgIpc) is 3.00. The number of carboxylic acids is 1. The number of hydrogen-bond acceptors (Lipinski definition) is 3. The summed E-state index contributed by atoms with van der Waals surface area (Å²) in [6.07, 6.45) is 2.02. The molecule has 0 amide bonds. The largest absolute Gasteiger partial charge is 0.480 e. The van der Waals surface area contributed by atoms with Crippen molar-refractivity contribution in [1.82, 2.24) is 4.90 Å². The van der Waals surface area contributed by atoms with E-state index in [0.717, 1.165) is 12.8 Å². The fraction of sp³-hybridized carbons (Fsp3) is 0.818. The number of nitriles is 1. The molecule has 0 aliphatic heterocycles. The highest BCUT2D eigenvalue weighted by molar-refractivity contribution is 5.74. The minimum absolute atomic E-state index is 0.106. The van der Waals surface area contributed by atoms with E-state index in [-0.39, 0.29) is 12.0 Å². The summed E-state index contributed by atoms with van der Waals surface area (Å²) in [6, 6.07) is 1.76. The molecule has 1 N–H and O–H groups in total. The lowest BCUT2D eigenvalue weighted by atomic mass is 10.1. The SMILES string of the molecule is CCN(CC(C)C#N)C(C(=O)O)C1CC1. The summed E-state index contributed by atoms with van der Waals surface area (Å²) in [7, 11) is 0. The van der Waals surface area contributed by atoms with Crippen molar-refractivity contribution < 1.29 is 9.90 Å². The highest BCUT2D eigenvalue weighted by atomic mass is 16.4. The molecule has 0 spiro atoms. The first kappa shape index (κ1) is 12.0. The van der Waals surface area contributed by atoms with E-state index >= 15 is 0 Å². The molecule has 1 rings (SSSR count). The van der Waals surface area contributed by atoms with Crippen LogP contribution in [0.15, 0.2) is 0 Å². The Morgan fingerprint density at radius 1 is 1.67 bits per heavy atom. The van der Waals surface area contributed by atoms with E-state index in [1.165, 1.54) is 0 Å². The highest BCUT2D eigenvalue weighted by Gasteiger charge is 2.39. The van der Waals surface area contributed by atoms with Crippen LogP contribution in [0.1, 0.15) is 26.7 Å². The number of hydrogen-bond donors (Lipinski definition) is 1. The Morgan fingerprint density at radius 2 is 2.27 bits per heavy atom. The predicted octanol–water partition coefficient (Wildman–Crippen LogP) is 1.33. The van der Waals surface area contributed by atoms with Gasteiger partial charge < -0.3 is 5.11 Å². The molecule has 0 bridgehead atoms. The van der Waals surface area contributed by atoms with Crippen LogP contribution in [0.4, 0.5) is 0 Å². The van der Waals surface area contributed by atoms with E-state index in [9.17, 15) is 4.79 Å². The standard InChI is InChI=1S/C11H18N2O2/c1-3-13(7-8(2)6-12)10(11(14)15)9-4-5-9/h8-10H,3-5,7H2,1-2H3,(H,14,15). The van der Waals surface area contributed by atoms with Gasteiger partial charge in [0.15, 0.2) is 0 Å². The van der Waals surface area contributed by atoms with Crippen LogP contribution >= 0.6 is 0 Å². The zero-order valence-corrected chi connectivity index (χ0v) is 9.31. The molecular weight excluding hydrogens is 192 g/mol. The molecule has 1 aliphatic carbocycles. The molecule has 1 fully saturated rings. The number of likely N-dealkylation sites (N-methyl/N-ethyl adjacent to an activating group) is 1. The Kier molecular flexibility index (Phi) is 4.10. The van der Waals surface area contributed by atoms with Crippen LogP contribution in [-0.4, -0.2) is 35.1 Å². The number of nitrogens with zero attached hydrogens (tertiary/aromatic N) is 2. The van der Waals surface area contributed by atoms with Gasteiger partial charge in [0.1, 0.15) is 6.04 Å². The first-order chi connectivity index (χ1) is 7.10. The second-order valence-electron chi connectivity index (χ2n) is 4.24. The van der Waals surface area contributed by atoms with Crippen molar-refractivity contribution in [2.24, 2.45) is 11.8 Å². The third-order valence-corrected chi connectivity index (χ3v) is 2.85. The summed E-state index contributed by atoms with van der Waals surface area (Å²) < 4.78 is 0. The van der Waals surface area contributed by atoms with Crippen molar-refractivity contribution in [3.05, 3.63) is 0 Å². The fourth-order valence-corrected chi connectivity index (χ4v) is 1.90. The first-order valence-corrected chi connectivity index (χ1v) is 5.46. The monoisotopic (exact) mass is 210 g/mol. The van der Waals surface area contributed by atoms with E-state index in [4.69, 9.17) is 10.4 Å². The van der Waals surface area contributed by atoms with Gasteiger partial charge in [-0.05, 0) is 32.2 Å². The average molecular weight is 210 g/mol. The molecule has 0 radical (unpaired) electrons. The Balaban J connectivity index is 2.61. The molecule has 4 nitrogen and oxygen atoms in total. The topological polar surface area (TPSA) is 64.3 Å². The van der Waals surface area contributed by atoms with Crippen molar-refractivity contribution in [2.45, 2.75) is 32.7 Å². The Hall–Kier alpha value is -1.08. The zero-order chi connectivity index (χ0) is 11.4. The Morgan fingerprint density at radius 3 is 2.60 bits per heavy atom. The molecule has 0 aromatic carbocycles. The molecule has 1 saturated carbocycles. The lowest BCUT2D eigenvalue weighted by Crippen LogP contribution is -2.44. The molecule has 1 aliphatic rings. The van der Waals surface area contributed by atoms with Gasteiger partial charge >= 0.3 is 5.97 Å². The lowest BCUT2D eigenvalue weighted by molar-refractivity contribution is -0.144. The van der Waals surface area contributed by atoms with E-state index in [2.05, 4.69) is 6.07 Å². The summed E-state index contributed by atoms with van der Waals surface area (Å²) >= 11 is 0. The molecule has 0 aromatic rings. The summed E-state index contributed by atoms with van der Waals surface area (Å²) in [4.78, 5) is 13.0. The van der Waals surface area contributed by atoms with Crippen LogP contribution in [0.5, 0.6) is 0 Å². The summed E-state index contributed by atoms with van der Waals surface area (Å²) in [6.45, 7) is 5.02. The number of rotatable bonds is 6. The molecule has 0 heterocycles. The molecule has 2 unspecified atom stereocenters. The Bertz CT molecular complexity index is 268. The van der Waals surface area contributed by atoms with E-state index in [0.29, 0.717) is 19.0 Å². The third-order valence-electron chi connectivity index (χ3n) is 2.85. The minimum atomic E-state index is -0.746. The summed E-state index contributed by atoms with van der Waals surface area (Å²) in [5.41, 5.74) is 0. The Labute approximate surface area is 90.5 Å². The maximum absolute atomic E-state index is 11.1. The number of aliphatic carboxylic acids is 1. The summed E-state index contributed by atoms with van der Waals surface area (Å²) in [5.74, 6) is -0.552. The minimum Gasteiger partial charge on any atom is -0.480 e. The maximum atomic E-state index is 11.1. The van der Waals surface area contributed by atoms with Gasteiger partial charge in [0.25, 0.3) is 0 Å². The van der Waals surface area contributed by atoms with Crippen LogP contribution < -0.4 is 0 Å². The second-order valence-corrected chi connectivity index (χ2v) is 4.24. The van der Waals surface area contributed by atoms with Crippen molar-refractivity contribution in [2.75, 3.05) is 13.1 Å². The van der Waals surface area contributed by atoms with Gasteiger partial charge in [-0.25, -0.2) is 0 Å². The molecule has 84 valence electrons. The second kappa shape index (κ2) is 5.13. The van der Waals surface area contributed by atoms with Crippen molar-refractivity contribution in [3.8, 4) is 6.07 Å². The van der Waals surface area contributed by atoms with Crippen LogP contribution in [0, 0.1) is 23.2 Å². The number of carbonyl (C=O) groups is 1. The van der Waals surface area contributed by atoms with Gasteiger partial charge in [-0.1, -0.05) is 6.92 Å². The zero-order valence-electron chi connectivity index (χ0n) is 9.31. The van der Waals surface area contributed by atoms with Crippen LogP contribution in [0.2, 0.25) is 0 Å². The van der Waals surface area contributed by atoms with Crippen molar-refractivity contribution >= 4 is 5.97 Å². The van der Waals surface area contributed by atoms with Crippen LogP contribution in [0.25, 0.3) is 0 Å². The molecule has 15 heavy (non-hydrogen) atoms. The highest BCUT2D eigenvalue weighted by Crippen LogP contribution is 2.35. The van der Waals surface area contributed by atoms with Gasteiger partial charge in [0.2, 0.25) is 0 Å². The van der Waals surface area contributed by atoms with Crippen molar-refractivity contribution in [3.63, 3.8) is 0 Å². The normalized spacial score (nSPS) is 19.6. The predicted molar refractivity (Wildman–Crippen MR) is 56.2 cm³/mol. The van der Waals surface area contributed by atoms with Crippen LogP contribution in [0.3, 0.4) is 0 Å². The number of carboxylic acid groups (broad SMARTS) is 1. The fourth-order valence-electron chi connectivity index (χ4n) is 1.90. The molecule has 4 heteroatoms. The van der Waals surface area contributed by atoms with E-state index in [1.807, 2.05) is 18.7 Å². The van der Waals surface area contributed by atoms with Gasteiger partial charge in [-0.15, -0.1) is 0 Å². The lowest BCUT2D eigenvalue weighted by Gasteiger charge is -2.28. The maximum Gasteiger partial charge on any atom is 0.321 e. The van der Waals surface area contributed by atoms with E-state index < -0.39 is 5.97 Å². The van der Waals surface area contributed by atoms with Crippen LogP contribution in [-0.2, 0) is 4.79 Å². The molecular formula is C11H18N2O2.